The molecule has 0 aromatic heterocycles. The largest absolute Gasteiger partial charge is 0.478 e. The molecule has 0 bridgehead atoms. The maximum Gasteiger partial charge on any atom is 0.335 e. The van der Waals surface area contributed by atoms with E-state index in [9.17, 15) is 21.9 Å². The first-order chi connectivity index (χ1) is 9.26. The molecular formula is C12H12FNO5S. The Balaban J connectivity index is 2.13. The van der Waals surface area contributed by atoms with Gasteiger partial charge in [0.15, 0.2) is 0 Å². The number of aromatic carboxylic acids is 1. The van der Waals surface area contributed by atoms with Gasteiger partial charge in [0.1, 0.15) is 0 Å². The Morgan fingerprint density at radius 2 is 1.95 bits per heavy atom. The van der Waals surface area contributed by atoms with Crippen LogP contribution in [0.15, 0.2) is 24.3 Å². The fourth-order valence-corrected chi connectivity index (χ4v) is 2.99. The summed E-state index contributed by atoms with van der Waals surface area (Å²) in [5.41, 5.74) is 0.557. The fourth-order valence-electron chi connectivity index (χ4n) is 2.21. The highest BCUT2D eigenvalue weighted by Crippen LogP contribution is 2.26. The second-order valence-corrected chi connectivity index (χ2v) is 6.04. The number of hydrogen-bond acceptors (Lipinski definition) is 4. The van der Waals surface area contributed by atoms with Crippen LogP contribution in [0, 0.1) is 5.92 Å². The Kier molecular flexibility index (Phi) is 3.76. The molecule has 1 aliphatic heterocycles. The zero-order chi connectivity index (χ0) is 14.9. The van der Waals surface area contributed by atoms with E-state index < -0.39 is 27.9 Å². The minimum absolute atomic E-state index is 0.0379. The molecule has 6 nitrogen and oxygen atoms in total. The summed E-state index contributed by atoms with van der Waals surface area (Å²) in [5, 5.41) is 8.77. The van der Waals surface area contributed by atoms with Crippen LogP contribution in [0.5, 0.6) is 0 Å². The maximum atomic E-state index is 12.6. The summed E-state index contributed by atoms with van der Waals surface area (Å²) < 4.78 is 33.8. The molecule has 1 unspecified atom stereocenters. The highest BCUT2D eigenvalue weighted by molar-refractivity contribution is 7.86. The lowest BCUT2D eigenvalue weighted by molar-refractivity contribution is -0.117. The van der Waals surface area contributed by atoms with Crippen LogP contribution in [0.2, 0.25) is 0 Å². The van der Waals surface area contributed by atoms with E-state index in [2.05, 4.69) is 0 Å². The van der Waals surface area contributed by atoms with Gasteiger partial charge >= 0.3 is 16.2 Å². The van der Waals surface area contributed by atoms with Crippen LogP contribution in [-0.2, 0) is 15.0 Å². The third kappa shape index (κ3) is 3.32. The van der Waals surface area contributed by atoms with Crippen LogP contribution >= 0.6 is 0 Å². The van der Waals surface area contributed by atoms with E-state index >= 15 is 0 Å². The molecule has 20 heavy (non-hydrogen) atoms. The normalized spacial score (nSPS) is 19.4. The number of carboxylic acids is 1. The van der Waals surface area contributed by atoms with Crippen molar-refractivity contribution in [2.75, 3.05) is 17.2 Å². The average Bonchev–Trinajstić information content (AvgIpc) is 2.67. The highest BCUT2D eigenvalue weighted by atomic mass is 32.3. The van der Waals surface area contributed by atoms with Gasteiger partial charge in [-0.15, -0.1) is 3.89 Å². The van der Waals surface area contributed by atoms with Crippen molar-refractivity contribution in [3.8, 4) is 0 Å². The van der Waals surface area contributed by atoms with Crippen molar-refractivity contribution in [2.24, 2.45) is 5.92 Å². The van der Waals surface area contributed by atoms with Crippen molar-refractivity contribution in [2.45, 2.75) is 6.42 Å². The molecule has 8 heteroatoms. The number of carbonyl (C=O) groups excluding carboxylic acids is 1. The molecule has 1 fully saturated rings. The van der Waals surface area contributed by atoms with E-state index in [1.54, 1.807) is 0 Å². The minimum atomic E-state index is -4.61. The van der Waals surface area contributed by atoms with Gasteiger partial charge in [-0.05, 0) is 24.3 Å². The van der Waals surface area contributed by atoms with Gasteiger partial charge in [0.25, 0.3) is 0 Å². The van der Waals surface area contributed by atoms with Gasteiger partial charge in [0.05, 0.1) is 11.3 Å². The van der Waals surface area contributed by atoms with E-state index in [0.717, 1.165) is 0 Å². The van der Waals surface area contributed by atoms with Crippen molar-refractivity contribution in [3.05, 3.63) is 29.8 Å². The van der Waals surface area contributed by atoms with Crippen LogP contribution in [0.25, 0.3) is 0 Å². The molecule has 1 aliphatic rings. The molecule has 1 amide bonds. The number of halogens is 1. The summed E-state index contributed by atoms with van der Waals surface area (Å²) in [6, 6.07) is 5.63. The van der Waals surface area contributed by atoms with Crippen molar-refractivity contribution < 1.29 is 27.0 Å². The molecule has 1 atom stereocenters. The molecule has 1 heterocycles. The molecule has 0 saturated carbocycles. The molecule has 1 saturated heterocycles. The fraction of sp³-hybridized carbons (Fsp3) is 0.333. The Morgan fingerprint density at radius 1 is 1.35 bits per heavy atom. The van der Waals surface area contributed by atoms with E-state index in [-0.39, 0.29) is 24.4 Å². The van der Waals surface area contributed by atoms with Crippen LogP contribution in [0.1, 0.15) is 16.8 Å². The van der Waals surface area contributed by atoms with Gasteiger partial charge in [0.2, 0.25) is 5.91 Å². The summed E-state index contributed by atoms with van der Waals surface area (Å²) in [6.07, 6.45) is -0.0379. The summed E-state index contributed by atoms with van der Waals surface area (Å²) in [4.78, 5) is 23.8. The Morgan fingerprint density at radius 3 is 2.45 bits per heavy atom. The van der Waals surface area contributed by atoms with Crippen molar-refractivity contribution in [1.82, 2.24) is 0 Å². The summed E-state index contributed by atoms with van der Waals surface area (Å²) >= 11 is 0. The van der Waals surface area contributed by atoms with Crippen molar-refractivity contribution in [1.29, 1.82) is 0 Å². The average molecular weight is 301 g/mol. The predicted molar refractivity (Wildman–Crippen MR) is 68.8 cm³/mol. The van der Waals surface area contributed by atoms with E-state index in [1.165, 1.54) is 29.2 Å². The SMILES string of the molecule is O=C(O)c1ccc(N2CC(CS(=O)(=O)F)CC2=O)cc1. The maximum absolute atomic E-state index is 12.6. The zero-order valence-electron chi connectivity index (χ0n) is 10.3. The monoisotopic (exact) mass is 301 g/mol. The van der Waals surface area contributed by atoms with E-state index in [4.69, 9.17) is 5.11 Å². The first kappa shape index (κ1) is 14.4. The Hall–Kier alpha value is -1.96. The van der Waals surface area contributed by atoms with Crippen molar-refractivity contribution in [3.63, 3.8) is 0 Å². The Labute approximate surface area is 115 Å². The predicted octanol–water partition coefficient (Wildman–Crippen LogP) is 1.04. The molecule has 1 aromatic rings. The third-order valence-corrected chi connectivity index (χ3v) is 3.94. The topological polar surface area (TPSA) is 91.8 Å². The second kappa shape index (κ2) is 5.20. The quantitative estimate of drug-likeness (QED) is 0.839. The summed E-state index contributed by atoms with van der Waals surface area (Å²) in [5.74, 6) is -2.65. The number of benzene rings is 1. The first-order valence-corrected chi connectivity index (χ1v) is 7.37. The molecule has 1 N–H and O–H groups in total. The Bertz CT molecular complexity index is 640. The number of carboxylic acid groups (broad SMARTS) is 1. The van der Waals surface area contributed by atoms with Gasteiger partial charge in [-0.1, -0.05) is 0 Å². The van der Waals surface area contributed by atoms with Crippen LogP contribution in [-0.4, -0.2) is 37.7 Å². The zero-order valence-corrected chi connectivity index (χ0v) is 11.1. The third-order valence-electron chi connectivity index (χ3n) is 3.07. The molecule has 1 aromatic carbocycles. The number of amides is 1. The van der Waals surface area contributed by atoms with Gasteiger partial charge in [-0.25, -0.2) is 4.79 Å². The number of nitrogens with zero attached hydrogens (tertiary/aromatic N) is 1. The van der Waals surface area contributed by atoms with Crippen LogP contribution < -0.4 is 4.90 Å². The van der Waals surface area contributed by atoms with Gasteiger partial charge in [-0.2, -0.15) is 8.42 Å². The lowest BCUT2D eigenvalue weighted by atomic mass is 10.1. The number of rotatable bonds is 4. The smallest absolute Gasteiger partial charge is 0.335 e. The second-order valence-electron chi connectivity index (χ2n) is 4.63. The lowest BCUT2D eigenvalue weighted by Gasteiger charge is -2.16. The van der Waals surface area contributed by atoms with Gasteiger partial charge in [-0.3, -0.25) is 4.79 Å². The molecule has 0 aliphatic carbocycles. The molecule has 2 rings (SSSR count). The lowest BCUT2D eigenvalue weighted by Crippen LogP contribution is -2.25. The number of anilines is 1. The molecule has 108 valence electrons. The van der Waals surface area contributed by atoms with Crippen LogP contribution in [0.4, 0.5) is 9.57 Å². The van der Waals surface area contributed by atoms with Gasteiger partial charge < -0.3 is 10.0 Å². The highest BCUT2D eigenvalue weighted by Gasteiger charge is 2.33. The molecule has 0 radical (unpaired) electrons. The van der Waals surface area contributed by atoms with E-state index in [0.29, 0.717) is 5.69 Å². The standard InChI is InChI=1S/C12H12FNO5S/c13-20(18,19)7-8-5-11(15)14(6-8)10-3-1-9(2-4-10)12(16)17/h1-4,8H,5-7H2,(H,16,17). The number of carbonyl (C=O) groups is 2. The van der Waals surface area contributed by atoms with Crippen LogP contribution in [0.3, 0.4) is 0 Å². The first-order valence-electron chi connectivity index (χ1n) is 5.82. The summed E-state index contributed by atoms with van der Waals surface area (Å²) in [6.45, 7) is 0.106. The molecular weight excluding hydrogens is 289 g/mol. The van der Waals surface area contributed by atoms with Gasteiger partial charge in [0, 0.05) is 24.6 Å². The molecule has 0 spiro atoms. The van der Waals surface area contributed by atoms with E-state index in [1.807, 2.05) is 0 Å². The minimum Gasteiger partial charge on any atom is -0.478 e. The van der Waals surface area contributed by atoms with Crippen molar-refractivity contribution >= 4 is 27.8 Å². The summed E-state index contributed by atoms with van der Waals surface area (Å²) in [7, 11) is -4.61. The number of hydrogen-bond donors (Lipinski definition) is 1.